The van der Waals surface area contributed by atoms with E-state index in [0.717, 1.165) is 25.0 Å². The van der Waals surface area contributed by atoms with Crippen LogP contribution in [0.3, 0.4) is 0 Å². The van der Waals surface area contributed by atoms with Crippen LogP contribution in [0.2, 0.25) is 0 Å². The molecule has 0 aliphatic carbocycles. The molecule has 2 N–H and O–H groups in total. The second-order valence-electron chi connectivity index (χ2n) is 4.87. The Morgan fingerprint density at radius 1 is 1.40 bits per heavy atom. The van der Waals surface area contributed by atoms with Gasteiger partial charge < -0.3 is 15.4 Å². The molecule has 1 atom stereocenters. The summed E-state index contributed by atoms with van der Waals surface area (Å²) in [5.74, 6) is 0.763. The van der Waals surface area contributed by atoms with Crippen molar-refractivity contribution >= 4 is 23.1 Å². The van der Waals surface area contributed by atoms with Crippen LogP contribution in [0.15, 0.2) is 24.3 Å². The molecular weight excluding hydrogens is 272 g/mol. The summed E-state index contributed by atoms with van der Waals surface area (Å²) >= 11 is 5.08. The number of ether oxygens (including phenoxy) is 1. The lowest BCUT2D eigenvalue weighted by Gasteiger charge is -2.35. The minimum Gasteiger partial charge on any atom is -0.494 e. The lowest BCUT2D eigenvalue weighted by molar-refractivity contribution is 0.0681. The number of piperidine rings is 1. The Labute approximate surface area is 124 Å². The molecule has 0 aromatic heterocycles. The molecule has 1 aromatic rings. The topological polar surface area (TPSA) is 55.6 Å². The minimum atomic E-state index is -0.113. The van der Waals surface area contributed by atoms with Crippen molar-refractivity contribution in [2.75, 3.05) is 13.2 Å². The number of nitrogens with zero attached hydrogens (tertiary/aromatic N) is 1. The van der Waals surface area contributed by atoms with Crippen LogP contribution in [0.4, 0.5) is 0 Å². The zero-order valence-corrected chi connectivity index (χ0v) is 12.5. The van der Waals surface area contributed by atoms with Gasteiger partial charge in [0, 0.05) is 12.1 Å². The van der Waals surface area contributed by atoms with Gasteiger partial charge in [-0.15, -0.1) is 0 Å². The van der Waals surface area contributed by atoms with Gasteiger partial charge in [0.05, 0.1) is 17.6 Å². The number of carbonyl (C=O) groups excluding carboxylic acids is 1. The highest BCUT2D eigenvalue weighted by atomic mass is 32.1. The zero-order chi connectivity index (χ0) is 14.5. The number of amides is 1. The summed E-state index contributed by atoms with van der Waals surface area (Å²) in [7, 11) is 0. The number of benzene rings is 1. The molecule has 108 valence electrons. The molecule has 4 nitrogen and oxygen atoms in total. The van der Waals surface area contributed by atoms with Crippen molar-refractivity contribution in [3.63, 3.8) is 0 Å². The molecule has 1 amide bonds. The summed E-state index contributed by atoms with van der Waals surface area (Å²) in [6, 6.07) is 7.10. The van der Waals surface area contributed by atoms with Crippen LogP contribution in [0, 0.1) is 0 Å². The summed E-state index contributed by atoms with van der Waals surface area (Å²) < 4.78 is 5.38. The molecule has 1 aliphatic heterocycles. The molecule has 1 unspecified atom stereocenters. The van der Waals surface area contributed by atoms with Crippen LogP contribution in [-0.2, 0) is 0 Å². The van der Waals surface area contributed by atoms with Crippen molar-refractivity contribution in [1.29, 1.82) is 0 Å². The Kier molecular flexibility index (Phi) is 4.95. The van der Waals surface area contributed by atoms with E-state index in [2.05, 4.69) is 0 Å². The fraction of sp³-hybridized carbons (Fsp3) is 0.467. The van der Waals surface area contributed by atoms with E-state index in [1.165, 1.54) is 0 Å². The van der Waals surface area contributed by atoms with Gasteiger partial charge in [0.15, 0.2) is 0 Å². The van der Waals surface area contributed by atoms with E-state index >= 15 is 0 Å². The van der Waals surface area contributed by atoms with Crippen LogP contribution in [0.25, 0.3) is 0 Å². The largest absolute Gasteiger partial charge is 0.494 e. The Hall–Kier alpha value is -1.62. The molecule has 1 fully saturated rings. The van der Waals surface area contributed by atoms with E-state index in [1.807, 2.05) is 19.1 Å². The minimum absolute atomic E-state index is 0.00875. The van der Waals surface area contributed by atoms with Gasteiger partial charge in [0.2, 0.25) is 0 Å². The van der Waals surface area contributed by atoms with Crippen LogP contribution in [0.1, 0.15) is 36.5 Å². The van der Waals surface area contributed by atoms with E-state index in [0.29, 0.717) is 23.7 Å². The number of nitrogens with two attached hydrogens (primary N) is 1. The van der Waals surface area contributed by atoms with Crippen LogP contribution < -0.4 is 10.5 Å². The number of hydrogen-bond donors (Lipinski definition) is 1. The molecule has 0 radical (unpaired) electrons. The zero-order valence-electron chi connectivity index (χ0n) is 11.7. The number of likely N-dealkylation sites (tertiary alicyclic amines) is 1. The first-order valence-corrected chi connectivity index (χ1v) is 7.37. The Bertz CT molecular complexity index is 487. The number of hydrogen-bond acceptors (Lipinski definition) is 3. The summed E-state index contributed by atoms with van der Waals surface area (Å²) in [6.45, 7) is 3.26. The molecular formula is C15H20N2O2S. The molecule has 20 heavy (non-hydrogen) atoms. The SMILES string of the molecule is CCOc1ccc(C(=O)N2CCCCC2C(N)=S)cc1. The van der Waals surface area contributed by atoms with Crippen molar-refractivity contribution in [3.8, 4) is 5.75 Å². The summed E-state index contributed by atoms with van der Waals surface area (Å²) in [5, 5.41) is 0. The van der Waals surface area contributed by atoms with Crippen molar-refractivity contribution < 1.29 is 9.53 Å². The molecule has 1 aliphatic rings. The number of rotatable bonds is 4. The molecule has 1 heterocycles. The van der Waals surface area contributed by atoms with E-state index in [-0.39, 0.29) is 11.9 Å². The highest BCUT2D eigenvalue weighted by Gasteiger charge is 2.29. The maximum absolute atomic E-state index is 12.6. The lowest BCUT2D eigenvalue weighted by atomic mass is 10.0. The quantitative estimate of drug-likeness (QED) is 0.866. The Balaban J connectivity index is 2.14. The fourth-order valence-electron chi connectivity index (χ4n) is 2.50. The summed E-state index contributed by atoms with van der Waals surface area (Å²) in [6.07, 6.45) is 2.93. The average molecular weight is 292 g/mol. The third-order valence-electron chi connectivity index (χ3n) is 3.50. The third-order valence-corrected chi connectivity index (χ3v) is 3.78. The van der Waals surface area contributed by atoms with Crippen LogP contribution in [0.5, 0.6) is 5.75 Å². The fourth-order valence-corrected chi connectivity index (χ4v) is 2.74. The van der Waals surface area contributed by atoms with Crippen molar-refractivity contribution in [2.24, 2.45) is 5.73 Å². The first kappa shape index (κ1) is 14.8. The van der Waals surface area contributed by atoms with Gasteiger partial charge in [-0.1, -0.05) is 12.2 Å². The normalized spacial score (nSPS) is 18.6. The van der Waals surface area contributed by atoms with Crippen molar-refractivity contribution in [3.05, 3.63) is 29.8 Å². The predicted octanol–water partition coefficient (Wildman–Crippen LogP) is 2.37. The van der Waals surface area contributed by atoms with E-state index in [1.54, 1.807) is 17.0 Å². The van der Waals surface area contributed by atoms with Gasteiger partial charge in [0.1, 0.15) is 5.75 Å². The van der Waals surface area contributed by atoms with E-state index in [4.69, 9.17) is 22.7 Å². The molecule has 1 saturated heterocycles. The van der Waals surface area contributed by atoms with Gasteiger partial charge in [-0.25, -0.2) is 0 Å². The van der Waals surface area contributed by atoms with Crippen molar-refractivity contribution in [1.82, 2.24) is 4.90 Å². The molecule has 5 heteroatoms. The number of carbonyl (C=O) groups is 1. The van der Waals surface area contributed by atoms with Crippen LogP contribution >= 0.6 is 12.2 Å². The van der Waals surface area contributed by atoms with Gasteiger partial charge >= 0.3 is 0 Å². The first-order valence-electron chi connectivity index (χ1n) is 6.96. The maximum Gasteiger partial charge on any atom is 0.254 e. The highest BCUT2D eigenvalue weighted by molar-refractivity contribution is 7.80. The first-order chi connectivity index (χ1) is 9.63. The average Bonchev–Trinajstić information content (AvgIpc) is 2.47. The number of thiocarbonyl (C=S) groups is 1. The Morgan fingerprint density at radius 2 is 2.10 bits per heavy atom. The monoisotopic (exact) mass is 292 g/mol. The lowest BCUT2D eigenvalue weighted by Crippen LogP contribution is -2.49. The van der Waals surface area contributed by atoms with Gasteiger partial charge in [-0.3, -0.25) is 4.79 Å². The maximum atomic E-state index is 12.6. The molecule has 0 bridgehead atoms. The second kappa shape index (κ2) is 6.70. The van der Waals surface area contributed by atoms with E-state index in [9.17, 15) is 4.79 Å². The summed E-state index contributed by atoms with van der Waals surface area (Å²) in [4.78, 5) is 14.8. The molecule has 0 saturated carbocycles. The molecule has 0 spiro atoms. The van der Waals surface area contributed by atoms with E-state index < -0.39 is 0 Å². The Morgan fingerprint density at radius 3 is 2.70 bits per heavy atom. The molecule has 1 aromatic carbocycles. The third kappa shape index (κ3) is 3.28. The smallest absolute Gasteiger partial charge is 0.254 e. The summed E-state index contributed by atoms with van der Waals surface area (Å²) in [5.41, 5.74) is 6.40. The highest BCUT2D eigenvalue weighted by Crippen LogP contribution is 2.21. The van der Waals surface area contributed by atoms with Gasteiger partial charge in [-0.2, -0.15) is 0 Å². The van der Waals surface area contributed by atoms with Gasteiger partial charge in [0.25, 0.3) is 5.91 Å². The van der Waals surface area contributed by atoms with Crippen LogP contribution in [-0.4, -0.2) is 35.0 Å². The predicted molar refractivity (Wildman–Crippen MR) is 83.1 cm³/mol. The second-order valence-corrected chi connectivity index (χ2v) is 5.34. The van der Waals surface area contributed by atoms with Gasteiger partial charge in [-0.05, 0) is 50.5 Å². The molecule has 2 rings (SSSR count). The standard InChI is InChI=1S/C15H20N2O2S/c1-2-19-12-8-6-11(7-9-12)15(18)17-10-4-3-5-13(17)14(16)20/h6-9,13H,2-5,10H2,1H3,(H2,16,20). The van der Waals surface area contributed by atoms with Crippen molar-refractivity contribution in [2.45, 2.75) is 32.2 Å².